The van der Waals surface area contributed by atoms with E-state index in [9.17, 15) is 13.6 Å². The van der Waals surface area contributed by atoms with Crippen LogP contribution in [-0.2, 0) is 6.54 Å². The van der Waals surface area contributed by atoms with Gasteiger partial charge in [-0.2, -0.15) is 0 Å². The van der Waals surface area contributed by atoms with Crippen molar-refractivity contribution in [2.45, 2.75) is 19.4 Å². The number of hydrogen-bond donors (Lipinski definition) is 1. The van der Waals surface area contributed by atoms with Gasteiger partial charge in [0, 0.05) is 19.6 Å². The van der Waals surface area contributed by atoms with Crippen molar-refractivity contribution in [2.24, 2.45) is 5.92 Å². The maximum atomic E-state index is 13.7. The van der Waals surface area contributed by atoms with Crippen molar-refractivity contribution in [3.8, 4) is 0 Å². The summed E-state index contributed by atoms with van der Waals surface area (Å²) in [4.78, 5) is 18.4. The van der Waals surface area contributed by atoms with Gasteiger partial charge in [0.1, 0.15) is 17.3 Å². The van der Waals surface area contributed by atoms with Crippen LogP contribution in [0.5, 0.6) is 0 Å². The Hall–Kier alpha value is -2.96. The van der Waals surface area contributed by atoms with Crippen LogP contribution in [0.4, 0.5) is 19.3 Å². The van der Waals surface area contributed by atoms with Crippen molar-refractivity contribution in [1.29, 1.82) is 0 Å². The van der Waals surface area contributed by atoms with Gasteiger partial charge in [-0.1, -0.05) is 18.2 Å². The van der Waals surface area contributed by atoms with E-state index < -0.39 is 23.4 Å². The summed E-state index contributed by atoms with van der Waals surface area (Å²) in [5, 5.41) is 2.35. The summed E-state index contributed by atoms with van der Waals surface area (Å²) in [7, 11) is 0. The maximum Gasteiger partial charge on any atom is 0.322 e. The summed E-state index contributed by atoms with van der Waals surface area (Å²) >= 11 is 0. The van der Waals surface area contributed by atoms with Gasteiger partial charge in [0.25, 0.3) is 0 Å². The number of benzene rings is 2. The fraction of sp³-hybridized carbons (Fsp3) is 0.300. The van der Waals surface area contributed by atoms with Gasteiger partial charge in [0.2, 0.25) is 0 Å². The average Bonchev–Trinajstić information content (AvgIpc) is 3.08. The summed E-state index contributed by atoms with van der Waals surface area (Å²) < 4.78 is 29.5. The van der Waals surface area contributed by atoms with Crippen LogP contribution >= 0.6 is 0 Å². The Bertz CT molecular complexity index is 943. The number of imidazole rings is 1. The lowest BCUT2D eigenvalue weighted by molar-refractivity contribution is 0.177. The minimum absolute atomic E-state index is 0.394. The van der Waals surface area contributed by atoms with Crippen LogP contribution in [0.1, 0.15) is 12.8 Å². The first-order valence-corrected chi connectivity index (χ1v) is 9.01. The molecule has 27 heavy (non-hydrogen) atoms. The number of nitrogens with one attached hydrogen (secondary N) is 1. The highest BCUT2D eigenvalue weighted by Gasteiger charge is 2.24. The van der Waals surface area contributed by atoms with Gasteiger partial charge in [-0.15, -0.1) is 0 Å². The molecule has 1 aliphatic rings. The van der Waals surface area contributed by atoms with Crippen molar-refractivity contribution >= 4 is 22.8 Å². The third-order valence-electron chi connectivity index (χ3n) is 5.08. The predicted molar refractivity (Wildman–Crippen MR) is 99.4 cm³/mol. The van der Waals surface area contributed by atoms with Crippen LogP contribution < -0.4 is 5.32 Å². The molecule has 5 nitrogen and oxygen atoms in total. The summed E-state index contributed by atoms with van der Waals surface area (Å²) in [6, 6.07) is 11.1. The number of carbonyl (C=O) groups is 1. The first-order valence-electron chi connectivity index (χ1n) is 9.01. The molecule has 0 radical (unpaired) electrons. The average molecular weight is 370 g/mol. The molecule has 0 atom stereocenters. The van der Waals surface area contributed by atoms with E-state index in [0.717, 1.165) is 42.6 Å². The summed E-state index contributed by atoms with van der Waals surface area (Å²) in [6.45, 7) is 1.95. The zero-order valence-electron chi connectivity index (χ0n) is 14.7. The molecular formula is C20H20F2N4O. The predicted octanol–water partition coefficient (Wildman–Crippen LogP) is 4.26. The molecule has 0 saturated carbocycles. The van der Waals surface area contributed by atoms with Crippen molar-refractivity contribution in [1.82, 2.24) is 14.5 Å². The zero-order chi connectivity index (χ0) is 18.8. The molecule has 1 N–H and O–H groups in total. The van der Waals surface area contributed by atoms with E-state index in [-0.39, 0.29) is 0 Å². The number of urea groups is 1. The van der Waals surface area contributed by atoms with E-state index in [1.807, 2.05) is 30.6 Å². The normalized spacial score (nSPS) is 15.3. The Kier molecular flexibility index (Phi) is 4.75. The highest BCUT2D eigenvalue weighted by Crippen LogP contribution is 2.23. The second-order valence-electron chi connectivity index (χ2n) is 6.84. The van der Waals surface area contributed by atoms with Crippen LogP contribution in [0, 0.1) is 17.6 Å². The fourth-order valence-electron chi connectivity index (χ4n) is 3.56. The van der Waals surface area contributed by atoms with Gasteiger partial charge in [0.15, 0.2) is 0 Å². The molecule has 0 unspecified atom stereocenters. The van der Waals surface area contributed by atoms with Crippen LogP contribution in [0.2, 0.25) is 0 Å². The van der Waals surface area contributed by atoms with Crippen LogP contribution in [-0.4, -0.2) is 33.6 Å². The van der Waals surface area contributed by atoms with E-state index in [4.69, 9.17) is 0 Å². The molecule has 1 saturated heterocycles. The minimum Gasteiger partial charge on any atom is -0.330 e. The second kappa shape index (κ2) is 7.34. The molecule has 3 aromatic rings. The topological polar surface area (TPSA) is 50.2 Å². The Balaban J connectivity index is 1.35. The first-order chi connectivity index (χ1) is 13.1. The lowest BCUT2D eigenvalue weighted by Gasteiger charge is -2.32. The number of halogens is 2. The molecule has 0 aliphatic carbocycles. The Morgan fingerprint density at radius 2 is 1.78 bits per heavy atom. The number of para-hydroxylation sites is 3. The summed E-state index contributed by atoms with van der Waals surface area (Å²) in [5.41, 5.74) is 1.68. The lowest BCUT2D eigenvalue weighted by atomic mass is 9.97. The minimum atomic E-state index is -0.773. The van der Waals surface area contributed by atoms with Crippen molar-refractivity contribution in [3.05, 3.63) is 60.4 Å². The Labute approximate surface area is 155 Å². The SMILES string of the molecule is O=C(Nc1c(F)cccc1F)N1CCC(Cn2cnc3ccccc32)CC1. The Morgan fingerprint density at radius 1 is 1.07 bits per heavy atom. The highest BCUT2D eigenvalue weighted by molar-refractivity contribution is 5.89. The van der Waals surface area contributed by atoms with E-state index in [1.54, 1.807) is 4.90 Å². The standard InChI is InChI=1S/C20H20F2N4O/c21-15-4-3-5-16(22)19(15)24-20(27)25-10-8-14(9-11-25)12-26-13-23-17-6-1-2-7-18(17)26/h1-7,13-14H,8-12H2,(H,24,27). The van der Waals surface area contributed by atoms with E-state index in [1.165, 1.54) is 6.07 Å². The van der Waals surface area contributed by atoms with E-state index in [2.05, 4.69) is 14.9 Å². The number of piperidine rings is 1. The van der Waals surface area contributed by atoms with Gasteiger partial charge < -0.3 is 14.8 Å². The van der Waals surface area contributed by atoms with Gasteiger partial charge in [-0.3, -0.25) is 0 Å². The number of rotatable bonds is 3. The molecule has 1 aromatic heterocycles. The molecule has 2 amide bonds. The van der Waals surface area contributed by atoms with Crippen molar-refractivity contribution in [3.63, 3.8) is 0 Å². The second-order valence-corrected chi connectivity index (χ2v) is 6.84. The summed E-state index contributed by atoms with van der Waals surface area (Å²) in [5.74, 6) is -1.12. The molecule has 0 spiro atoms. The van der Waals surface area contributed by atoms with Gasteiger partial charge in [-0.25, -0.2) is 18.6 Å². The molecule has 2 heterocycles. The summed E-state index contributed by atoms with van der Waals surface area (Å²) in [6.07, 6.45) is 3.52. The number of anilines is 1. The van der Waals surface area contributed by atoms with Crippen LogP contribution in [0.25, 0.3) is 11.0 Å². The molecule has 0 bridgehead atoms. The number of aromatic nitrogens is 2. The number of hydrogen-bond acceptors (Lipinski definition) is 2. The number of likely N-dealkylation sites (tertiary alicyclic amines) is 1. The molecule has 140 valence electrons. The maximum absolute atomic E-state index is 13.7. The van der Waals surface area contributed by atoms with Crippen LogP contribution in [0.15, 0.2) is 48.8 Å². The van der Waals surface area contributed by atoms with Crippen LogP contribution in [0.3, 0.4) is 0 Å². The van der Waals surface area contributed by atoms with Crippen molar-refractivity contribution < 1.29 is 13.6 Å². The molecule has 1 fully saturated rings. The van der Waals surface area contributed by atoms with Gasteiger partial charge in [-0.05, 0) is 43.0 Å². The number of nitrogens with zero attached hydrogens (tertiary/aromatic N) is 3. The number of carbonyl (C=O) groups excluding carboxylic acids is 1. The quantitative estimate of drug-likeness (QED) is 0.749. The van der Waals surface area contributed by atoms with Gasteiger partial charge >= 0.3 is 6.03 Å². The lowest BCUT2D eigenvalue weighted by Crippen LogP contribution is -2.42. The molecule has 2 aromatic carbocycles. The van der Waals surface area contributed by atoms with E-state index >= 15 is 0 Å². The molecule has 7 heteroatoms. The zero-order valence-corrected chi connectivity index (χ0v) is 14.7. The molecule has 1 aliphatic heterocycles. The third-order valence-corrected chi connectivity index (χ3v) is 5.08. The number of fused-ring (bicyclic) bond motifs is 1. The molecular weight excluding hydrogens is 350 g/mol. The first kappa shape index (κ1) is 17.5. The Morgan fingerprint density at radius 3 is 2.52 bits per heavy atom. The van der Waals surface area contributed by atoms with Crippen molar-refractivity contribution in [2.75, 3.05) is 18.4 Å². The molecule has 4 rings (SSSR count). The fourth-order valence-corrected chi connectivity index (χ4v) is 3.56. The van der Waals surface area contributed by atoms with E-state index in [0.29, 0.717) is 19.0 Å². The third kappa shape index (κ3) is 3.63. The number of amides is 2. The van der Waals surface area contributed by atoms with Gasteiger partial charge in [0.05, 0.1) is 17.4 Å². The highest BCUT2D eigenvalue weighted by atomic mass is 19.1. The largest absolute Gasteiger partial charge is 0.330 e. The monoisotopic (exact) mass is 370 g/mol. The smallest absolute Gasteiger partial charge is 0.322 e.